The average molecular weight is 284 g/mol. The van der Waals surface area contributed by atoms with Crippen molar-refractivity contribution in [2.24, 2.45) is 5.41 Å². The average Bonchev–Trinajstić information content (AvgIpc) is 3.09. The Bertz CT molecular complexity index is 635. The SMILES string of the molecule is c1cnc2nc(OCC3(CN4CCCC4)CC3)ncc2c1. The molecule has 0 amide bonds. The Morgan fingerprint density at radius 3 is 2.86 bits per heavy atom. The highest BCUT2D eigenvalue weighted by Crippen LogP contribution is 2.46. The molecule has 2 fully saturated rings. The number of likely N-dealkylation sites (tertiary alicyclic amines) is 1. The summed E-state index contributed by atoms with van der Waals surface area (Å²) in [5, 5.41) is 0.947. The fourth-order valence-corrected chi connectivity index (χ4v) is 3.07. The zero-order valence-electron chi connectivity index (χ0n) is 12.2. The lowest BCUT2D eigenvalue weighted by atomic mass is 10.1. The monoisotopic (exact) mass is 284 g/mol. The summed E-state index contributed by atoms with van der Waals surface area (Å²) >= 11 is 0. The van der Waals surface area contributed by atoms with Gasteiger partial charge in [-0.05, 0) is 50.9 Å². The van der Waals surface area contributed by atoms with E-state index in [2.05, 4.69) is 19.9 Å². The van der Waals surface area contributed by atoms with Crippen LogP contribution in [0.3, 0.4) is 0 Å². The van der Waals surface area contributed by atoms with Crippen LogP contribution in [-0.4, -0.2) is 46.1 Å². The summed E-state index contributed by atoms with van der Waals surface area (Å²) in [6, 6.07) is 4.30. The molecule has 1 saturated carbocycles. The first-order chi connectivity index (χ1) is 10.3. The van der Waals surface area contributed by atoms with Gasteiger partial charge >= 0.3 is 6.01 Å². The van der Waals surface area contributed by atoms with E-state index in [4.69, 9.17) is 4.74 Å². The number of hydrogen-bond acceptors (Lipinski definition) is 5. The topological polar surface area (TPSA) is 51.1 Å². The molecule has 0 bridgehead atoms. The number of pyridine rings is 1. The number of aromatic nitrogens is 3. The molecule has 0 atom stereocenters. The van der Waals surface area contributed by atoms with Crippen LogP contribution in [0.5, 0.6) is 6.01 Å². The molecule has 0 unspecified atom stereocenters. The molecule has 2 aliphatic rings. The third-order valence-electron chi connectivity index (χ3n) is 4.55. The van der Waals surface area contributed by atoms with E-state index in [1.807, 2.05) is 12.1 Å². The summed E-state index contributed by atoms with van der Waals surface area (Å²) < 4.78 is 5.86. The van der Waals surface area contributed by atoms with Crippen molar-refractivity contribution in [3.05, 3.63) is 24.5 Å². The number of nitrogens with zero attached hydrogens (tertiary/aromatic N) is 4. The van der Waals surface area contributed by atoms with Crippen molar-refractivity contribution < 1.29 is 4.74 Å². The normalized spacial score (nSPS) is 20.8. The highest BCUT2D eigenvalue weighted by Gasteiger charge is 2.45. The molecule has 5 nitrogen and oxygen atoms in total. The van der Waals surface area contributed by atoms with Gasteiger partial charge in [0.25, 0.3) is 0 Å². The zero-order chi connectivity index (χ0) is 14.1. The van der Waals surface area contributed by atoms with Crippen LogP contribution < -0.4 is 4.74 Å². The number of ether oxygens (including phenoxy) is 1. The van der Waals surface area contributed by atoms with Gasteiger partial charge in [-0.3, -0.25) is 0 Å². The molecule has 1 saturated heterocycles. The molecule has 0 spiro atoms. The molecular formula is C16H20N4O. The van der Waals surface area contributed by atoms with Crippen LogP contribution >= 0.6 is 0 Å². The third-order valence-corrected chi connectivity index (χ3v) is 4.55. The van der Waals surface area contributed by atoms with Crippen molar-refractivity contribution in [3.63, 3.8) is 0 Å². The fraction of sp³-hybridized carbons (Fsp3) is 0.562. The van der Waals surface area contributed by atoms with Crippen molar-refractivity contribution >= 4 is 11.0 Å². The lowest BCUT2D eigenvalue weighted by molar-refractivity contribution is 0.170. The van der Waals surface area contributed by atoms with Gasteiger partial charge in [-0.15, -0.1) is 0 Å². The van der Waals surface area contributed by atoms with Crippen LogP contribution in [0, 0.1) is 5.41 Å². The van der Waals surface area contributed by atoms with Crippen molar-refractivity contribution in [1.82, 2.24) is 19.9 Å². The Labute approximate surface area is 124 Å². The van der Waals surface area contributed by atoms with Crippen molar-refractivity contribution in [2.75, 3.05) is 26.2 Å². The first-order valence-electron chi connectivity index (χ1n) is 7.76. The number of hydrogen-bond donors (Lipinski definition) is 0. The standard InChI is InChI=1S/C16H20N4O/c1-2-9-20(8-1)11-16(5-6-16)12-21-15-18-10-13-4-3-7-17-14(13)19-15/h3-4,7,10H,1-2,5-6,8-9,11-12H2. The first kappa shape index (κ1) is 13.0. The molecule has 2 aromatic rings. The predicted octanol–water partition coefficient (Wildman–Crippen LogP) is 2.28. The summed E-state index contributed by atoms with van der Waals surface area (Å²) in [7, 11) is 0. The minimum absolute atomic E-state index is 0.340. The fourth-order valence-electron chi connectivity index (χ4n) is 3.07. The van der Waals surface area contributed by atoms with E-state index in [-0.39, 0.29) is 0 Å². The molecule has 3 heterocycles. The van der Waals surface area contributed by atoms with Gasteiger partial charge < -0.3 is 9.64 Å². The summed E-state index contributed by atoms with van der Waals surface area (Å²) in [6.07, 6.45) is 8.73. The predicted molar refractivity (Wildman–Crippen MR) is 80.2 cm³/mol. The third kappa shape index (κ3) is 2.83. The minimum Gasteiger partial charge on any atom is -0.463 e. The van der Waals surface area contributed by atoms with Gasteiger partial charge in [0.2, 0.25) is 0 Å². The van der Waals surface area contributed by atoms with Crippen LogP contribution in [0.1, 0.15) is 25.7 Å². The summed E-state index contributed by atoms with van der Waals surface area (Å²) in [5.41, 5.74) is 1.04. The largest absolute Gasteiger partial charge is 0.463 e. The van der Waals surface area contributed by atoms with Gasteiger partial charge in [0, 0.05) is 29.7 Å². The van der Waals surface area contributed by atoms with Gasteiger partial charge in [0.1, 0.15) is 0 Å². The molecule has 2 aromatic heterocycles. The lowest BCUT2D eigenvalue weighted by Crippen LogP contribution is -2.31. The van der Waals surface area contributed by atoms with E-state index in [1.165, 1.54) is 45.3 Å². The van der Waals surface area contributed by atoms with Crippen molar-refractivity contribution in [3.8, 4) is 6.01 Å². The van der Waals surface area contributed by atoms with Gasteiger partial charge in [0.15, 0.2) is 5.65 Å². The molecule has 4 rings (SSSR count). The first-order valence-corrected chi connectivity index (χ1v) is 7.76. The second kappa shape index (κ2) is 5.22. The van der Waals surface area contributed by atoms with E-state index in [9.17, 15) is 0 Å². The molecule has 110 valence electrons. The highest BCUT2D eigenvalue weighted by atomic mass is 16.5. The van der Waals surface area contributed by atoms with Crippen LogP contribution in [0.25, 0.3) is 11.0 Å². The van der Waals surface area contributed by atoms with Crippen LogP contribution in [0.15, 0.2) is 24.5 Å². The van der Waals surface area contributed by atoms with Gasteiger partial charge in [-0.1, -0.05) is 0 Å². The molecule has 5 heteroatoms. The van der Waals surface area contributed by atoms with E-state index >= 15 is 0 Å². The summed E-state index contributed by atoms with van der Waals surface area (Å²) in [6.45, 7) is 4.39. The molecule has 1 aliphatic heterocycles. The quantitative estimate of drug-likeness (QED) is 0.843. The van der Waals surface area contributed by atoms with Gasteiger partial charge in [0.05, 0.1) is 6.61 Å². The van der Waals surface area contributed by atoms with Crippen LogP contribution in [0.4, 0.5) is 0 Å². The maximum absolute atomic E-state index is 5.86. The Morgan fingerprint density at radius 2 is 2.05 bits per heavy atom. The smallest absolute Gasteiger partial charge is 0.318 e. The lowest BCUT2D eigenvalue weighted by Gasteiger charge is -2.22. The van der Waals surface area contributed by atoms with E-state index < -0.39 is 0 Å². The maximum atomic E-state index is 5.86. The second-order valence-corrected chi connectivity index (χ2v) is 6.34. The zero-order valence-corrected chi connectivity index (χ0v) is 12.2. The number of rotatable bonds is 5. The Balaban J connectivity index is 1.40. The molecular weight excluding hydrogens is 264 g/mol. The van der Waals surface area contributed by atoms with Crippen LogP contribution in [0.2, 0.25) is 0 Å². The molecule has 0 aromatic carbocycles. The molecule has 1 aliphatic carbocycles. The van der Waals surface area contributed by atoms with Crippen molar-refractivity contribution in [2.45, 2.75) is 25.7 Å². The Morgan fingerprint density at radius 1 is 1.19 bits per heavy atom. The van der Waals surface area contributed by atoms with Gasteiger partial charge in [-0.2, -0.15) is 4.98 Å². The maximum Gasteiger partial charge on any atom is 0.318 e. The highest BCUT2D eigenvalue weighted by molar-refractivity contribution is 5.73. The van der Waals surface area contributed by atoms with E-state index in [0.29, 0.717) is 17.1 Å². The summed E-state index contributed by atoms with van der Waals surface area (Å²) in [5.74, 6) is 0. The van der Waals surface area contributed by atoms with Crippen LogP contribution in [-0.2, 0) is 0 Å². The molecule has 0 N–H and O–H groups in total. The summed E-state index contributed by atoms with van der Waals surface area (Å²) in [4.78, 5) is 15.5. The minimum atomic E-state index is 0.340. The van der Waals surface area contributed by atoms with Gasteiger partial charge in [-0.25, -0.2) is 9.97 Å². The van der Waals surface area contributed by atoms with E-state index in [0.717, 1.165) is 12.0 Å². The molecule has 21 heavy (non-hydrogen) atoms. The van der Waals surface area contributed by atoms with E-state index in [1.54, 1.807) is 12.4 Å². The van der Waals surface area contributed by atoms with Crippen molar-refractivity contribution in [1.29, 1.82) is 0 Å². The number of fused-ring (bicyclic) bond motifs is 1. The second-order valence-electron chi connectivity index (χ2n) is 6.34. The Hall–Kier alpha value is -1.75. The Kier molecular flexibility index (Phi) is 3.22. The molecule has 0 radical (unpaired) electrons.